The minimum atomic E-state index is -0.135. The molecular weight excluding hydrogens is 324 g/mol. The third-order valence-corrected chi connectivity index (χ3v) is 6.02. The van der Waals surface area contributed by atoms with Crippen LogP contribution in [0.4, 0.5) is 4.79 Å². The van der Waals surface area contributed by atoms with Gasteiger partial charge in [-0.25, -0.2) is 4.79 Å². The molecule has 5 nitrogen and oxygen atoms in total. The van der Waals surface area contributed by atoms with Crippen molar-refractivity contribution in [2.75, 3.05) is 0 Å². The van der Waals surface area contributed by atoms with Crippen molar-refractivity contribution in [1.82, 2.24) is 16.1 Å². The quantitative estimate of drug-likeness (QED) is 0.713. The molecule has 0 spiro atoms. The van der Waals surface area contributed by atoms with E-state index in [2.05, 4.69) is 60.2 Å². The largest absolute Gasteiger partial charge is 0.331 e. The van der Waals surface area contributed by atoms with Crippen LogP contribution in [0.15, 0.2) is 52.3 Å². The molecule has 4 aliphatic rings. The van der Waals surface area contributed by atoms with Crippen molar-refractivity contribution in [3.8, 4) is 0 Å². The van der Waals surface area contributed by atoms with Crippen LogP contribution in [0, 0.1) is 17.3 Å². The smallest absolute Gasteiger partial charge is 0.319 e. The molecule has 0 aromatic carbocycles. The second kappa shape index (κ2) is 6.45. The third kappa shape index (κ3) is 3.22. The molecule has 0 radical (unpaired) electrons. The van der Waals surface area contributed by atoms with Crippen LogP contribution in [0.25, 0.3) is 0 Å². The van der Waals surface area contributed by atoms with Gasteiger partial charge in [-0.3, -0.25) is 0 Å². The van der Waals surface area contributed by atoms with Crippen LogP contribution in [0.1, 0.15) is 40.0 Å². The van der Waals surface area contributed by atoms with E-state index in [-0.39, 0.29) is 24.0 Å². The van der Waals surface area contributed by atoms with Crippen LogP contribution >= 0.6 is 0 Å². The van der Waals surface area contributed by atoms with E-state index >= 15 is 0 Å². The molecule has 0 saturated carbocycles. The number of allylic oxidation sites excluding steroid dienone is 3. The highest BCUT2D eigenvalue weighted by atomic mass is 16.2. The molecule has 0 aromatic rings. The molecule has 26 heavy (non-hydrogen) atoms. The Bertz CT molecular complexity index is 750. The van der Waals surface area contributed by atoms with Gasteiger partial charge in [0.1, 0.15) is 0 Å². The van der Waals surface area contributed by atoms with Crippen molar-refractivity contribution in [1.29, 1.82) is 0 Å². The maximum Gasteiger partial charge on any atom is 0.319 e. The van der Waals surface area contributed by atoms with E-state index in [4.69, 9.17) is 0 Å². The summed E-state index contributed by atoms with van der Waals surface area (Å²) in [5, 5.41) is 10.3. The van der Waals surface area contributed by atoms with Gasteiger partial charge in [0.05, 0.1) is 18.0 Å². The Morgan fingerprint density at radius 2 is 2.12 bits per heavy atom. The lowest BCUT2D eigenvalue weighted by Crippen LogP contribution is -2.44. The van der Waals surface area contributed by atoms with Gasteiger partial charge in [0, 0.05) is 11.9 Å². The topological polar surface area (TPSA) is 65.5 Å². The summed E-state index contributed by atoms with van der Waals surface area (Å²) in [5.74, 6) is 0.778. The van der Waals surface area contributed by atoms with Crippen LogP contribution < -0.4 is 16.1 Å². The van der Waals surface area contributed by atoms with Crippen LogP contribution in [0.3, 0.4) is 0 Å². The lowest BCUT2D eigenvalue weighted by atomic mass is 9.71. The molecule has 3 aliphatic carbocycles. The van der Waals surface area contributed by atoms with Crippen molar-refractivity contribution in [2.45, 2.75) is 52.1 Å². The number of carbonyl (C=O) groups is 1. The second-order valence-electron chi connectivity index (χ2n) is 8.74. The van der Waals surface area contributed by atoms with Gasteiger partial charge in [0.2, 0.25) is 0 Å². The fourth-order valence-electron chi connectivity index (χ4n) is 4.28. The fourth-order valence-corrected chi connectivity index (χ4v) is 4.28. The maximum absolute atomic E-state index is 12.6. The highest BCUT2D eigenvalue weighted by Gasteiger charge is 2.34. The molecule has 0 bridgehead atoms. The first-order chi connectivity index (χ1) is 12.4. The van der Waals surface area contributed by atoms with Crippen molar-refractivity contribution in [3.63, 3.8) is 0 Å². The maximum atomic E-state index is 12.6. The summed E-state index contributed by atoms with van der Waals surface area (Å²) >= 11 is 0. The monoisotopic (exact) mass is 352 g/mol. The van der Waals surface area contributed by atoms with Crippen molar-refractivity contribution < 1.29 is 4.79 Å². The Kier molecular flexibility index (Phi) is 4.25. The van der Waals surface area contributed by atoms with E-state index in [0.29, 0.717) is 11.3 Å². The fraction of sp³-hybridized carbons (Fsp3) is 0.524. The number of nitrogens with zero attached hydrogens (tertiary/aromatic N) is 1. The standard InChI is InChI=1S/C21H28N4O/c1-21(2,3)14-8-9-15-13(11-14)7-10-18(15)24-20(26)23-17-5-4-6-19-16(17)12-22-25-19/h4-7,9,12,14,16,18-19,25H,8,10-11H2,1-3H3,(H2,23,24,26)/t14-,16?,18?,19?/m1/s1. The van der Waals surface area contributed by atoms with E-state index in [1.165, 1.54) is 11.1 Å². The van der Waals surface area contributed by atoms with Gasteiger partial charge in [-0.2, -0.15) is 5.10 Å². The van der Waals surface area contributed by atoms with Crippen molar-refractivity contribution in [2.24, 2.45) is 22.4 Å². The van der Waals surface area contributed by atoms with Crippen LogP contribution in [0.5, 0.6) is 0 Å². The average molecular weight is 352 g/mol. The average Bonchev–Trinajstić information content (AvgIpc) is 3.21. The Labute approximate surface area is 155 Å². The van der Waals surface area contributed by atoms with Gasteiger partial charge < -0.3 is 16.1 Å². The van der Waals surface area contributed by atoms with Gasteiger partial charge >= 0.3 is 6.03 Å². The Hall–Kier alpha value is -2.30. The zero-order valence-corrected chi connectivity index (χ0v) is 15.8. The number of urea groups is 1. The zero-order chi connectivity index (χ0) is 18.3. The predicted octanol–water partition coefficient (Wildman–Crippen LogP) is 3.39. The molecule has 0 saturated heterocycles. The molecule has 3 unspecified atom stereocenters. The number of hydrazone groups is 1. The number of fused-ring (bicyclic) bond motifs is 2. The summed E-state index contributed by atoms with van der Waals surface area (Å²) in [5.41, 5.74) is 6.99. The molecule has 4 rings (SSSR count). The molecule has 1 aliphatic heterocycles. The third-order valence-electron chi connectivity index (χ3n) is 6.02. The lowest BCUT2D eigenvalue weighted by Gasteiger charge is -2.34. The van der Waals surface area contributed by atoms with Gasteiger partial charge in [-0.1, -0.05) is 45.1 Å². The van der Waals surface area contributed by atoms with E-state index in [9.17, 15) is 4.79 Å². The van der Waals surface area contributed by atoms with E-state index in [0.717, 1.165) is 25.0 Å². The van der Waals surface area contributed by atoms with E-state index in [1.807, 2.05) is 18.4 Å². The van der Waals surface area contributed by atoms with E-state index in [1.54, 1.807) is 0 Å². The predicted molar refractivity (Wildman–Crippen MR) is 105 cm³/mol. The summed E-state index contributed by atoms with van der Waals surface area (Å²) in [7, 11) is 0. The molecule has 1 heterocycles. The number of rotatable bonds is 2. The zero-order valence-electron chi connectivity index (χ0n) is 15.8. The van der Waals surface area contributed by atoms with Crippen molar-refractivity contribution >= 4 is 12.2 Å². The highest BCUT2D eigenvalue weighted by Crippen LogP contribution is 2.43. The Morgan fingerprint density at radius 1 is 1.27 bits per heavy atom. The number of hydrogen-bond acceptors (Lipinski definition) is 3. The molecule has 5 heteroatoms. The van der Waals surface area contributed by atoms with Crippen LogP contribution in [-0.2, 0) is 0 Å². The van der Waals surface area contributed by atoms with Gasteiger partial charge in [0.15, 0.2) is 0 Å². The molecule has 2 amide bonds. The summed E-state index contributed by atoms with van der Waals surface area (Å²) in [6.45, 7) is 6.95. The van der Waals surface area contributed by atoms with Crippen LogP contribution in [-0.4, -0.2) is 24.3 Å². The second-order valence-corrected chi connectivity index (χ2v) is 8.74. The number of amides is 2. The minimum Gasteiger partial charge on any atom is -0.331 e. The molecule has 0 aromatic heterocycles. The normalized spacial score (nSPS) is 32.0. The Balaban J connectivity index is 1.38. The van der Waals surface area contributed by atoms with Gasteiger partial charge in [-0.15, -0.1) is 0 Å². The van der Waals surface area contributed by atoms with Crippen molar-refractivity contribution in [3.05, 3.63) is 47.2 Å². The van der Waals surface area contributed by atoms with E-state index < -0.39 is 0 Å². The minimum absolute atomic E-state index is 0.0943. The van der Waals surface area contributed by atoms with Gasteiger partial charge in [0.25, 0.3) is 0 Å². The number of carbonyl (C=O) groups excluding carboxylic acids is 1. The first kappa shape index (κ1) is 17.1. The molecular formula is C21H28N4O. The number of hydrogen-bond donors (Lipinski definition) is 3. The molecule has 4 atom stereocenters. The first-order valence-corrected chi connectivity index (χ1v) is 9.56. The summed E-state index contributed by atoms with van der Waals surface area (Å²) in [6, 6.07) is 0.103. The summed E-state index contributed by atoms with van der Waals surface area (Å²) < 4.78 is 0. The summed E-state index contributed by atoms with van der Waals surface area (Å²) in [6.07, 6.45) is 15.6. The lowest BCUT2D eigenvalue weighted by molar-refractivity contribution is 0.234. The summed E-state index contributed by atoms with van der Waals surface area (Å²) in [4.78, 5) is 12.6. The molecule has 3 N–H and O–H groups in total. The first-order valence-electron chi connectivity index (χ1n) is 9.56. The van der Waals surface area contributed by atoms with Crippen LogP contribution in [0.2, 0.25) is 0 Å². The Morgan fingerprint density at radius 3 is 2.92 bits per heavy atom. The SMILES string of the molecule is CC(C)(C)[C@@H]1CC=C2C(=CCC2NC(=O)NC2=CC=CC3NN=CC23)C1. The highest BCUT2D eigenvalue weighted by molar-refractivity contribution is 5.80. The molecule has 0 fully saturated rings. The van der Waals surface area contributed by atoms with Gasteiger partial charge in [-0.05, 0) is 47.8 Å². The molecule has 138 valence electrons. The number of nitrogens with one attached hydrogen (secondary N) is 3.